The lowest BCUT2D eigenvalue weighted by Gasteiger charge is -2.10. The molecule has 2 heteroatoms. The summed E-state index contributed by atoms with van der Waals surface area (Å²) in [6.07, 6.45) is 4.34. The maximum Gasteiger partial charge on any atom is 0.0483 e. The summed E-state index contributed by atoms with van der Waals surface area (Å²) >= 11 is 0. The highest BCUT2D eigenvalue weighted by atomic mass is 14.9. The number of aliphatic imine (C=N–C) groups is 1. The quantitative estimate of drug-likeness (QED) is 0.654. The van der Waals surface area contributed by atoms with Gasteiger partial charge in [0.15, 0.2) is 0 Å². The molecular formula is C9H18N2. The van der Waals surface area contributed by atoms with Crippen molar-refractivity contribution >= 4 is 5.71 Å². The van der Waals surface area contributed by atoms with Gasteiger partial charge in [-0.1, -0.05) is 19.9 Å². The van der Waals surface area contributed by atoms with Gasteiger partial charge in [-0.15, -0.1) is 0 Å². The number of hydrogen-bond donors (Lipinski definition) is 1. The first-order valence-electron chi connectivity index (χ1n) is 4.25. The highest BCUT2D eigenvalue weighted by molar-refractivity contribution is 5.97. The molecule has 1 unspecified atom stereocenters. The number of nitrogens with zero attached hydrogens (tertiary/aromatic N) is 1. The van der Waals surface area contributed by atoms with Gasteiger partial charge < -0.3 is 5.32 Å². The first-order chi connectivity index (χ1) is 5.33. The summed E-state index contributed by atoms with van der Waals surface area (Å²) < 4.78 is 0. The van der Waals surface area contributed by atoms with Crippen LogP contribution in [0.2, 0.25) is 0 Å². The van der Waals surface area contributed by atoms with E-state index in [9.17, 15) is 0 Å². The smallest absolute Gasteiger partial charge is 0.0483 e. The maximum atomic E-state index is 4.42. The van der Waals surface area contributed by atoms with Crippen molar-refractivity contribution in [2.75, 3.05) is 19.6 Å². The molecule has 0 fully saturated rings. The van der Waals surface area contributed by atoms with Crippen LogP contribution in [0.15, 0.2) is 17.1 Å². The Morgan fingerprint density at radius 2 is 2.64 bits per heavy atom. The standard InChI is InChI=1S/C9H16N2.H2/c1-3-10-7-9-5-4-8(2)6-11-9;/h4-5,8,10H,3,6-7H2,1-2H3;1H. The third-order valence-corrected chi connectivity index (χ3v) is 1.76. The SMILES string of the molecule is CCNCC1=NCC(C)C=C1.[HH]. The summed E-state index contributed by atoms with van der Waals surface area (Å²) in [6.45, 7) is 7.18. The molecule has 1 aliphatic heterocycles. The van der Waals surface area contributed by atoms with Crippen molar-refractivity contribution in [2.45, 2.75) is 13.8 Å². The summed E-state index contributed by atoms with van der Waals surface area (Å²) in [5, 5.41) is 3.25. The van der Waals surface area contributed by atoms with Crippen LogP contribution in [-0.2, 0) is 0 Å². The van der Waals surface area contributed by atoms with Crippen LogP contribution < -0.4 is 5.32 Å². The lowest BCUT2D eigenvalue weighted by atomic mass is 10.1. The Hall–Kier alpha value is -0.630. The molecule has 0 aromatic carbocycles. The third kappa shape index (κ3) is 2.85. The van der Waals surface area contributed by atoms with Gasteiger partial charge >= 0.3 is 0 Å². The van der Waals surface area contributed by atoms with Crippen molar-refractivity contribution in [3.05, 3.63) is 12.2 Å². The maximum absolute atomic E-state index is 4.42. The average molecular weight is 154 g/mol. The number of hydrogen-bond acceptors (Lipinski definition) is 2. The molecule has 0 aromatic heterocycles. The van der Waals surface area contributed by atoms with Crippen LogP contribution in [0.5, 0.6) is 0 Å². The summed E-state index contributed by atoms with van der Waals surface area (Å²) in [6, 6.07) is 0. The summed E-state index contributed by atoms with van der Waals surface area (Å²) in [7, 11) is 0. The largest absolute Gasteiger partial charge is 0.311 e. The van der Waals surface area contributed by atoms with E-state index in [2.05, 4.69) is 36.3 Å². The molecule has 0 amide bonds. The Balaban J connectivity index is 0.00000121. The topological polar surface area (TPSA) is 24.4 Å². The Bertz CT molecular complexity index is 175. The fourth-order valence-electron chi connectivity index (χ4n) is 1.02. The Morgan fingerprint density at radius 3 is 3.18 bits per heavy atom. The van der Waals surface area contributed by atoms with Crippen molar-refractivity contribution < 1.29 is 1.43 Å². The molecule has 1 aliphatic rings. The monoisotopic (exact) mass is 154 g/mol. The van der Waals surface area contributed by atoms with Crippen molar-refractivity contribution in [1.82, 2.24) is 5.32 Å². The van der Waals surface area contributed by atoms with Gasteiger partial charge in [-0.05, 0) is 18.5 Å². The molecule has 1 heterocycles. The van der Waals surface area contributed by atoms with Gasteiger partial charge in [0.2, 0.25) is 0 Å². The van der Waals surface area contributed by atoms with Crippen LogP contribution in [-0.4, -0.2) is 25.3 Å². The van der Waals surface area contributed by atoms with Gasteiger partial charge in [-0.3, -0.25) is 4.99 Å². The molecule has 0 saturated heterocycles. The van der Waals surface area contributed by atoms with Crippen molar-refractivity contribution in [1.29, 1.82) is 0 Å². The molecule has 2 nitrogen and oxygen atoms in total. The molecule has 0 bridgehead atoms. The van der Waals surface area contributed by atoms with E-state index in [1.165, 1.54) is 5.71 Å². The summed E-state index contributed by atoms with van der Waals surface area (Å²) in [4.78, 5) is 4.42. The van der Waals surface area contributed by atoms with Gasteiger partial charge in [0.1, 0.15) is 0 Å². The molecule has 0 aliphatic carbocycles. The first kappa shape index (κ1) is 8.47. The Labute approximate surface area is 69.9 Å². The highest BCUT2D eigenvalue weighted by Crippen LogP contribution is 2.03. The van der Waals surface area contributed by atoms with Crippen LogP contribution in [0.4, 0.5) is 0 Å². The van der Waals surface area contributed by atoms with Gasteiger partial charge in [0, 0.05) is 20.2 Å². The second-order valence-electron chi connectivity index (χ2n) is 2.95. The molecular weight excluding hydrogens is 136 g/mol. The van der Waals surface area contributed by atoms with Crippen molar-refractivity contribution in [3.8, 4) is 0 Å². The van der Waals surface area contributed by atoms with E-state index in [0.29, 0.717) is 5.92 Å². The van der Waals surface area contributed by atoms with E-state index in [-0.39, 0.29) is 1.43 Å². The van der Waals surface area contributed by atoms with Crippen LogP contribution >= 0.6 is 0 Å². The van der Waals surface area contributed by atoms with E-state index in [1.54, 1.807) is 0 Å². The molecule has 1 rings (SSSR count). The highest BCUT2D eigenvalue weighted by Gasteiger charge is 2.02. The summed E-state index contributed by atoms with van der Waals surface area (Å²) in [5.41, 5.74) is 1.19. The fraction of sp³-hybridized carbons (Fsp3) is 0.667. The van der Waals surface area contributed by atoms with E-state index in [0.717, 1.165) is 19.6 Å². The van der Waals surface area contributed by atoms with Crippen LogP contribution in [0, 0.1) is 5.92 Å². The van der Waals surface area contributed by atoms with E-state index in [1.807, 2.05) is 0 Å². The van der Waals surface area contributed by atoms with Gasteiger partial charge in [-0.25, -0.2) is 0 Å². The summed E-state index contributed by atoms with van der Waals surface area (Å²) in [5.74, 6) is 0.625. The number of dihydropyridines is 1. The Morgan fingerprint density at radius 1 is 1.82 bits per heavy atom. The second-order valence-corrected chi connectivity index (χ2v) is 2.95. The minimum Gasteiger partial charge on any atom is -0.311 e. The zero-order valence-electron chi connectivity index (χ0n) is 7.30. The molecule has 0 saturated carbocycles. The average Bonchev–Trinajstić information content (AvgIpc) is 2.04. The molecule has 64 valence electrons. The van der Waals surface area contributed by atoms with Crippen molar-refractivity contribution in [3.63, 3.8) is 0 Å². The number of nitrogens with one attached hydrogen (secondary N) is 1. The predicted molar refractivity (Wildman–Crippen MR) is 51.3 cm³/mol. The minimum atomic E-state index is 0. The molecule has 0 spiro atoms. The van der Waals surface area contributed by atoms with E-state index in [4.69, 9.17) is 0 Å². The zero-order valence-corrected chi connectivity index (χ0v) is 7.30. The molecule has 11 heavy (non-hydrogen) atoms. The normalized spacial score (nSPS) is 23.5. The lowest BCUT2D eigenvalue weighted by Crippen LogP contribution is -2.23. The van der Waals surface area contributed by atoms with Gasteiger partial charge in [0.05, 0.1) is 0 Å². The van der Waals surface area contributed by atoms with E-state index >= 15 is 0 Å². The second kappa shape index (κ2) is 4.29. The van der Waals surface area contributed by atoms with Gasteiger partial charge in [0.25, 0.3) is 0 Å². The molecule has 1 N–H and O–H groups in total. The predicted octanol–water partition coefficient (Wildman–Crippen LogP) is 1.49. The Kier molecular flexibility index (Phi) is 3.30. The van der Waals surface area contributed by atoms with Crippen LogP contribution in [0.3, 0.4) is 0 Å². The van der Waals surface area contributed by atoms with Crippen LogP contribution in [0.25, 0.3) is 0 Å². The fourth-order valence-corrected chi connectivity index (χ4v) is 1.02. The van der Waals surface area contributed by atoms with Crippen molar-refractivity contribution in [2.24, 2.45) is 10.9 Å². The lowest BCUT2D eigenvalue weighted by molar-refractivity contribution is 0.725. The van der Waals surface area contributed by atoms with Crippen LogP contribution in [0.1, 0.15) is 15.3 Å². The first-order valence-corrected chi connectivity index (χ1v) is 4.25. The third-order valence-electron chi connectivity index (χ3n) is 1.76. The zero-order chi connectivity index (χ0) is 8.10. The van der Waals surface area contributed by atoms with E-state index < -0.39 is 0 Å². The minimum absolute atomic E-state index is 0. The molecule has 1 atom stereocenters. The molecule has 0 aromatic rings. The number of rotatable bonds is 3. The van der Waals surface area contributed by atoms with Gasteiger partial charge in [-0.2, -0.15) is 0 Å². The molecule has 0 radical (unpaired) electrons.